The van der Waals surface area contributed by atoms with Gasteiger partial charge in [-0.3, -0.25) is 4.79 Å². The summed E-state index contributed by atoms with van der Waals surface area (Å²) >= 11 is 0. The Morgan fingerprint density at radius 3 is 2.65 bits per heavy atom. The molecule has 1 N–H and O–H groups in total. The minimum Gasteiger partial charge on any atom is -0.508 e. The molecule has 0 spiro atoms. The summed E-state index contributed by atoms with van der Waals surface area (Å²) in [4.78, 5) is 12.6. The van der Waals surface area contributed by atoms with Crippen molar-refractivity contribution in [1.29, 1.82) is 0 Å². The summed E-state index contributed by atoms with van der Waals surface area (Å²) in [6.45, 7) is 4.65. The highest BCUT2D eigenvalue weighted by Crippen LogP contribution is 2.61. The van der Waals surface area contributed by atoms with E-state index in [2.05, 4.69) is 19.9 Å². The number of phenolic OH excluding ortho intramolecular Hbond substituents is 1. The number of aromatic hydroxyl groups is 1. The Hall–Kier alpha value is -1.51. The number of hydrogen-bond acceptors (Lipinski definition) is 3. The van der Waals surface area contributed by atoms with Crippen molar-refractivity contribution >= 4 is 5.97 Å². The maximum absolute atomic E-state index is 12.6. The van der Waals surface area contributed by atoms with Crippen LogP contribution in [0.15, 0.2) is 18.2 Å². The van der Waals surface area contributed by atoms with Crippen molar-refractivity contribution in [3.05, 3.63) is 29.3 Å². The second kappa shape index (κ2) is 9.96. The second-order valence-electron chi connectivity index (χ2n) is 10.8. The Balaban J connectivity index is 1.30. The molecule has 172 valence electrons. The van der Waals surface area contributed by atoms with Crippen LogP contribution in [0.5, 0.6) is 5.75 Å². The predicted molar refractivity (Wildman–Crippen MR) is 125 cm³/mol. The Kier molecular flexibility index (Phi) is 7.29. The first-order valence-electron chi connectivity index (χ1n) is 13.0. The quantitative estimate of drug-likeness (QED) is 0.333. The molecule has 0 saturated heterocycles. The number of unbranched alkanes of at least 4 members (excludes halogenated alkanes) is 6. The SMILES string of the molecule is CCCCCCCCCC(=O)OC1CC[C@H]2[C@@H]3CCc4cc(O)ccc4[C@H]3CC[C@]12C. The first kappa shape index (κ1) is 22.7. The van der Waals surface area contributed by atoms with Crippen LogP contribution in [0.25, 0.3) is 0 Å². The number of carbonyl (C=O) groups is 1. The number of benzene rings is 1. The Labute approximate surface area is 189 Å². The summed E-state index contributed by atoms with van der Waals surface area (Å²) in [6, 6.07) is 6.00. The van der Waals surface area contributed by atoms with Gasteiger partial charge in [0.2, 0.25) is 0 Å². The first-order valence-corrected chi connectivity index (χ1v) is 13.0. The van der Waals surface area contributed by atoms with Crippen molar-refractivity contribution in [3.8, 4) is 5.75 Å². The van der Waals surface area contributed by atoms with E-state index in [1.165, 1.54) is 62.5 Å². The number of phenols is 1. The lowest BCUT2D eigenvalue weighted by Crippen LogP contribution is -2.45. The number of hydrogen-bond donors (Lipinski definition) is 1. The van der Waals surface area contributed by atoms with Gasteiger partial charge in [-0.25, -0.2) is 0 Å². The fourth-order valence-corrected chi connectivity index (χ4v) is 7.16. The fourth-order valence-electron chi connectivity index (χ4n) is 7.16. The largest absolute Gasteiger partial charge is 0.508 e. The molecule has 3 heteroatoms. The summed E-state index contributed by atoms with van der Waals surface area (Å²) in [5, 5.41) is 9.87. The zero-order valence-corrected chi connectivity index (χ0v) is 19.7. The molecule has 0 amide bonds. The molecule has 1 aromatic carbocycles. The van der Waals surface area contributed by atoms with E-state index in [-0.39, 0.29) is 17.5 Å². The molecule has 0 bridgehead atoms. The van der Waals surface area contributed by atoms with E-state index in [1.807, 2.05) is 12.1 Å². The van der Waals surface area contributed by atoms with Gasteiger partial charge in [0.1, 0.15) is 11.9 Å². The van der Waals surface area contributed by atoms with Crippen LogP contribution >= 0.6 is 0 Å². The van der Waals surface area contributed by atoms with Gasteiger partial charge in [-0.05, 0) is 86.0 Å². The molecule has 2 fully saturated rings. The van der Waals surface area contributed by atoms with Crippen molar-refractivity contribution < 1.29 is 14.6 Å². The summed E-state index contributed by atoms with van der Waals surface area (Å²) in [5.74, 6) is 2.40. The highest BCUT2D eigenvalue weighted by Gasteiger charge is 2.56. The lowest BCUT2D eigenvalue weighted by Gasteiger charge is -2.50. The molecule has 0 aliphatic heterocycles. The van der Waals surface area contributed by atoms with Gasteiger partial charge in [0, 0.05) is 11.8 Å². The van der Waals surface area contributed by atoms with Crippen molar-refractivity contribution in [2.24, 2.45) is 17.3 Å². The molecule has 3 aliphatic rings. The van der Waals surface area contributed by atoms with Gasteiger partial charge in [0.05, 0.1) is 0 Å². The third kappa shape index (κ3) is 4.81. The van der Waals surface area contributed by atoms with E-state index in [0.29, 0.717) is 29.9 Å². The minimum absolute atomic E-state index is 0.0343. The average molecular weight is 427 g/mol. The van der Waals surface area contributed by atoms with Crippen LogP contribution in [0.2, 0.25) is 0 Å². The standard InChI is InChI=1S/C28H42O3/c1-3-4-5-6-7-8-9-10-27(30)31-26-16-15-25-24-13-11-20-19-21(29)12-14-22(20)23(24)17-18-28(25,26)2/h12,14,19,23-26,29H,3-11,13,15-18H2,1-2H3/t23-,24-,25+,26?,28+/m1/s1. The molecular formula is C28H42O3. The number of esters is 1. The molecule has 1 aromatic rings. The molecular weight excluding hydrogens is 384 g/mol. The Morgan fingerprint density at radius 1 is 1.06 bits per heavy atom. The lowest BCUT2D eigenvalue weighted by atomic mass is 9.55. The molecule has 0 heterocycles. The number of aryl methyl sites for hydroxylation is 1. The normalized spacial score (nSPS) is 31.5. The summed E-state index contributed by atoms with van der Waals surface area (Å²) in [7, 11) is 0. The average Bonchev–Trinajstić information content (AvgIpc) is 3.09. The Morgan fingerprint density at radius 2 is 1.84 bits per heavy atom. The van der Waals surface area contributed by atoms with E-state index < -0.39 is 0 Å². The molecule has 4 rings (SSSR count). The fraction of sp³-hybridized carbons (Fsp3) is 0.750. The van der Waals surface area contributed by atoms with Gasteiger partial charge in [-0.1, -0.05) is 58.4 Å². The second-order valence-corrected chi connectivity index (χ2v) is 10.8. The highest BCUT2D eigenvalue weighted by atomic mass is 16.5. The predicted octanol–water partition coefficient (Wildman–Crippen LogP) is 7.30. The van der Waals surface area contributed by atoms with Gasteiger partial charge in [0.15, 0.2) is 0 Å². The van der Waals surface area contributed by atoms with Crippen molar-refractivity contribution in [1.82, 2.24) is 0 Å². The topological polar surface area (TPSA) is 46.5 Å². The third-order valence-corrected chi connectivity index (χ3v) is 8.88. The van der Waals surface area contributed by atoms with Crippen LogP contribution in [-0.2, 0) is 16.0 Å². The monoisotopic (exact) mass is 426 g/mol. The number of ether oxygens (including phenoxy) is 1. The van der Waals surface area contributed by atoms with Gasteiger partial charge in [-0.15, -0.1) is 0 Å². The van der Waals surface area contributed by atoms with Gasteiger partial charge in [-0.2, -0.15) is 0 Å². The summed E-state index contributed by atoms with van der Waals surface area (Å²) in [5.41, 5.74) is 2.96. The molecule has 3 nitrogen and oxygen atoms in total. The van der Waals surface area contributed by atoms with Gasteiger partial charge < -0.3 is 9.84 Å². The summed E-state index contributed by atoms with van der Waals surface area (Å²) < 4.78 is 6.12. The van der Waals surface area contributed by atoms with E-state index in [9.17, 15) is 9.90 Å². The van der Waals surface area contributed by atoms with E-state index >= 15 is 0 Å². The van der Waals surface area contributed by atoms with Gasteiger partial charge in [0.25, 0.3) is 0 Å². The number of carbonyl (C=O) groups excluding carboxylic acids is 1. The minimum atomic E-state index is 0.0343. The van der Waals surface area contributed by atoms with E-state index in [4.69, 9.17) is 4.74 Å². The molecule has 1 unspecified atom stereocenters. The van der Waals surface area contributed by atoms with E-state index in [0.717, 1.165) is 32.1 Å². The third-order valence-electron chi connectivity index (χ3n) is 8.88. The zero-order valence-electron chi connectivity index (χ0n) is 19.7. The maximum atomic E-state index is 12.6. The highest BCUT2D eigenvalue weighted by molar-refractivity contribution is 5.69. The first-order chi connectivity index (χ1) is 15.0. The summed E-state index contributed by atoms with van der Waals surface area (Å²) in [6.07, 6.45) is 16.2. The number of fused-ring (bicyclic) bond motifs is 5. The van der Waals surface area contributed by atoms with Crippen LogP contribution in [0, 0.1) is 17.3 Å². The van der Waals surface area contributed by atoms with Crippen LogP contribution in [0.3, 0.4) is 0 Å². The smallest absolute Gasteiger partial charge is 0.306 e. The molecule has 0 radical (unpaired) electrons. The van der Waals surface area contributed by atoms with Crippen LogP contribution in [0.1, 0.15) is 114 Å². The molecule has 3 aliphatic carbocycles. The Bertz CT molecular complexity index is 757. The van der Waals surface area contributed by atoms with E-state index in [1.54, 1.807) is 0 Å². The maximum Gasteiger partial charge on any atom is 0.306 e. The van der Waals surface area contributed by atoms with Crippen molar-refractivity contribution in [2.45, 2.75) is 116 Å². The van der Waals surface area contributed by atoms with Crippen molar-refractivity contribution in [2.75, 3.05) is 0 Å². The number of rotatable bonds is 9. The molecule has 5 atom stereocenters. The molecule has 31 heavy (non-hydrogen) atoms. The molecule has 2 saturated carbocycles. The molecule has 0 aromatic heterocycles. The zero-order chi connectivity index (χ0) is 21.8. The van der Waals surface area contributed by atoms with Crippen LogP contribution < -0.4 is 0 Å². The van der Waals surface area contributed by atoms with Crippen molar-refractivity contribution in [3.63, 3.8) is 0 Å². The van der Waals surface area contributed by atoms with Gasteiger partial charge >= 0.3 is 5.97 Å². The van der Waals surface area contributed by atoms with Crippen LogP contribution in [-0.4, -0.2) is 17.2 Å². The van der Waals surface area contributed by atoms with Crippen LogP contribution in [0.4, 0.5) is 0 Å². The lowest BCUT2D eigenvalue weighted by molar-refractivity contribution is -0.157.